The minimum absolute atomic E-state index is 0.212. The molecule has 0 spiro atoms. The number of rotatable bonds is 7. The average Bonchev–Trinajstić information content (AvgIpc) is 2.28. The predicted octanol–water partition coefficient (Wildman–Crippen LogP) is 2.01. The number of amides is 1. The fourth-order valence-corrected chi connectivity index (χ4v) is 1.83. The zero-order valence-electron chi connectivity index (χ0n) is 10.7. The first-order valence-corrected chi connectivity index (χ1v) is 6.03. The number of unbranched alkanes of at least 4 members (excludes halogenated alkanes) is 1. The molecule has 2 N–H and O–H groups in total. The Balaban J connectivity index is 4.49. The molecule has 0 aliphatic rings. The summed E-state index contributed by atoms with van der Waals surface area (Å²) in [5.41, 5.74) is 5.42. The fraction of sp³-hybridized carbons (Fsp3) is 0.917. The summed E-state index contributed by atoms with van der Waals surface area (Å²) in [6.45, 7) is 7.52. The number of carbonyl (C=O) groups excluding carboxylic acids is 1. The van der Waals surface area contributed by atoms with Crippen molar-refractivity contribution in [1.29, 1.82) is 0 Å². The number of hydrogen-bond donors (Lipinski definition) is 1. The summed E-state index contributed by atoms with van der Waals surface area (Å²) in [6.07, 6.45) is 3.84. The Morgan fingerprint density at radius 3 is 2.13 bits per heavy atom. The fourth-order valence-electron chi connectivity index (χ4n) is 1.83. The Kier molecular flexibility index (Phi) is 6.57. The van der Waals surface area contributed by atoms with Crippen molar-refractivity contribution in [2.75, 3.05) is 20.1 Å². The maximum absolute atomic E-state index is 12.2. The largest absolute Gasteiger partial charge is 0.345 e. The lowest BCUT2D eigenvalue weighted by Gasteiger charge is -2.33. The van der Waals surface area contributed by atoms with E-state index in [2.05, 4.69) is 6.92 Å². The molecule has 0 aromatic carbocycles. The molecule has 0 heterocycles. The van der Waals surface area contributed by atoms with Crippen molar-refractivity contribution in [3.05, 3.63) is 0 Å². The summed E-state index contributed by atoms with van der Waals surface area (Å²) in [7, 11) is 1.88. The van der Waals surface area contributed by atoms with E-state index < -0.39 is 0 Å². The van der Waals surface area contributed by atoms with Crippen molar-refractivity contribution in [2.45, 2.75) is 46.5 Å². The molecule has 3 nitrogen and oxygen atoms in total. The van der Waals surface area contributed by atoms with Crippen molar-refractivity contribution in [3.8, 4) is 0 Å². The molecule has 0 saturated heterocycles. The molecule has 0 aliphatic carbocycles. The minimum atomic E-state index is -0.331. The molecule has 1 amide bonds. The molecule has 0 radical (unpaired) electrons. The summed E-state index contributed by atoms with van der Waals surface area (Å²) in [4.78, 5) is 14.0. The summed E-state index contributed by atoms with van der Waals surface area (Å²) in [5, 5.41) is 0. The van der Waals surface area contributed by atoms with Crippen LogP contribution in [0.15, 0.2) is 0 Å². The second kappa shape index (κ2) is 6.83. The molecule has 0 rings (SSSR count). The Labute approximate surface area is 94.0 Å². The van der Waals surface area contributed by atoms with E-state index in [4.69, 9.17) is 5.73 Å². The highest BCUT2D eigenvalue weighted by molar-refractivity contribution is 5.82. The average molecular weight is 214 g/mol. The Morgan fingerprint density at radius 1 is 1.27 bits per heavy atom. The third-order valence-electron chi connectivity index (χ3n) is 3.39. The van der Waals surface area contributed by atoms with Gasteiger partial charge in [-0.05, 0) is 19.3 Å². The van der Waals surface area contributed by atoms with Gasteiger partial charge in [-0.25, -0.2) is 0 Å². The highest BCUT2D eigenvalue weighted by Crippen LogP contribution is 2.27. The molecule has 0 aromatic heterocycles. The molecule has 90 valence electrons. The first-order chi connectivity index (χ1) is 7.07. The third kappa shape index (κ3) is 3.49. The van der Waals surface area contributed by atoms with Gasteiger partial charge in [0, 0.05) is 20.1 Å². The first-order valence-electron chi connectivity index (χ1n) is 6.03. The first kappa shape index (κ1) is 14.4. The van der Waals surface area contributed by atoms with Crippen molar-refractivity contribution >= 4 is 5.91 Å². The van der Waals surface area contributed by atoms with E-state index in [0.29, 0.717) is 6.54 Å². The minimum Gasteiger partial charge on any atom is -0.345 e. The number of nitrogens with zero attached hydrogens (tertiary/aromatic N) is 1. The van der Waals surface area contributed by atoms with Gasteiger partial charge in [-0.2, -0.15) is 0 Å². The van der Waals surface area contributed by atoms with Gasteiger partial charge in [0.2, 0.25) is 5.91 Å². The van der Waals surface area contributed by atoms with Crippen LogP contribution in [0.5, 0.6) is 0 Å². The predicted molar refractivity (Wildman–Crippen MR) is 64.6 cm³/mol. The monoisotopic (exact) mass is 214 g/mol. The normalized spacial score (nSPS) is 11.5. The van der Waals surface area contributed by atoms with Crippen LogP contribution in [0.25, 0.3) is 0 Å². The molecule has 0 bridgehead atoms. The third-order valence-corrected chi connectivity index (χ3v) is 3.39. The summed E-state index contributed by atoms with van der Waals surface area (Å²) < 4.78 is 0. The van der Waals surface area contributed by atoms with Gasteiger partial charge in [0.1, 0.15) is 0 Å². The summed E-state index contributed by atoms with van der Waals surface area (Å²) >= 11 is 0. The van der Waals surface area contributed by atoms with Crippen LogP contribution in [-0.2, 0) is 4.79 Å². The van der Waals surface area contributed by atoms with Crippen LogP contribution in [0.4, 0.5) is 0 Å². The van der Waals surface area contributed by atoms with Gasteiger partial charge in [0.05, 0.1) is 5.41 Å². The van der Waals surface area contributed by atoms with Crippen LogP contribution >= 0.6 is 0 Å². The van der Waals surface area contributed by atoms with E-state index in [0.717, 1.165) is 32.2 Å². The maximum Gasteiger partial charge on any atom is 0.229 e. The van der Waals surface area contributed by atoms with Crippen LogP contribution in [0.1, 0.15) is 46.5 Å². The second-order valence-electron chi connectivity index (χ2n) is 4.27. The topological polar surface area (TPSA) is 46.3 Å². The van der Waals surface area contributed by atoms with Gasteiger partial charge in [-0.3, -0.25) is 4.79 Å². The summed E-state index contributed by atoms with van der Waals surface area (Å²) in [5.74, 6) is 0.212. The molecule has 0 unspecified atom stereocenters. The van der Waals surface area contributed by atoms with E-state index in [9.17, 15) is 4.79 Å². The lowest BCUT2D eigenvalue weighted by atomic mass is 9.81. The molecular formula is C12H26N2O. The highest BCUT2D eigenvalue weighted by Gasteiger charge is 2.35. The number of carbonyl (C=O) groups is 1. The second-order valence-corrected chi connectivity index (χ2v) is 4.27. The van der Waals surface area contributed by atoms with E-state index >= 15 is 0 Å². The van der Waals surface area contributed by atoms with Gasteiger partial charge in [0.25, 0.3) is 0 Å². The molecule has 0 aromatic rings. The van der Waals surface area contributed by atoms with E-state index in [1.807, 2.05) is 25.8 Å². The van der Waals surface area contributed by atoms with Crippen LogP contribution in [-0.4, -0.2) is 30.9 Å². The van der Waals surface area contributed by atoms with Gasteiger partial charge in [0.15, 0.2) is 0 Å². The van der Waals surface area contributed by atoms with Crippen molar-refractivity contribution in [1.82, 2.24) is 4.90 Å². The van der Waals surface area contributed by atoms with Crippen molar-refractivity contribution < 1.29 is 4.79 Å². The lowest BCUT2D eigenvalue weighted by Crippen LogP contribution is -2.46. The number of hydrogen-bond acceptors (Lipinski definition) is 2. The van der Waals surface area contributed by atoms with Gasteiger partial charge in [-0.15, -0.1) is 0 Å². The molecule has 3 heteroatoms. The molecule has 0 saturated carbocycles. The Morgan fingerprint density at radius 2 is 1.80 bits per heavy atom. The van der Waals surface area contributed by atoms with Gasteiger partial charge >= 0.3 is 0 Å². The van der Waals surface area contributed by atoms with Crippen molar-refractivity contribution in [3.63, 3.8) is 0 Å². The van der Waals surface area contributed by atoms with Crippen LogP contribution in [0, 0.1) is 5.41 Å². The molecule has 15 heavy (non-hydrogen) atoms. The molecule has 0 aliphatic heterocycles. The zero-order chi connectivity index (χ0) is 11.9. The standard InChI is InChI=1S/C12H26N2O/c1-5-8-9-14(4)11(15)12(6-2,7-3)10-13/h5-10,13H2,1-4H3. The van der Waals surface area contributed by atoms with E-state index in [-0.39, 0.29) is 11.3 Å². The highest BCUT2D eigenvalue weighted by atomic mass is 16.2. The number of nitrogens with two attached hydrogens (primary N) is 1. The summed E-state index contributed by atoms with van der Waals surface area (Å²) in [6, 6.07) is 0. The molecule has 0 atom stereocenters. The quantitative estimate of drug-likeness (QED) is 0.704. The Bertz CT molecular complexity index is 180. The smallest absolute Gasteiger partial charge is 0.229 e. The van der Waals surface area contributed by atoms with E-state index in [1.165, 1.54) is 0 Å². The van der Waals surface area contributed by atoms with Crippen molar-refractivity contribution in [2.24, 2.45) is 11.1 Å². The SMILES string of the molecule is CCCCN(C)C(=O)C(CC)(CC)CN. The molecular weight excluding hydrogens is 188 g/mol. The van der Waals surface area contributed by atoms with Crippen LogP contribution in [0.3, 0.4) is 0 Å². The van der Waals surface area contributed by atoms with E-state index in [1.54, 1.807) is 0 Å². The van der Waals surface area contributed by atoms with Crippen LogP contribution in [0.2, 0.25) is 0 Å². The zero-order valence-corrected chi connectivity index (χ0v) is 10.7. The van der Waals surface area contributed by atoms with Gasteiger partial charge in [-0.1, -0.05) is 27.2 Å². The molecule has 0 fully saturated rings. The lowest BCUT2D eigenvalue weighted by molar-refractivity contribution is -0.140. The maximum atomic E-state index is 12.2. The Hall–Kier alpha value is -0.570. The van der Waals surface area contributed by atoms with Gasteiger partial charge < -0.3 is 10.6 Å². The van der Waals surface area contributed by atoms with Crippen LogP contribution < -0.4 is 5.73 Å².